The number of halogens is 4. The van der Waals surface area contributed by atoms with Crippen LogP contribution in [0.25, 0.3) is 0 Å². The molecule has 0 spiro atoms. The quantitative estimate of drug-likeness (QED) is 0.505. The molecule has 106 valence electrons. The van der Waals surface area contributed by atoms with Gasteiger partial charge >= 0.3 is 6.30 Å². The first-order chi connectivity index (χ1) is 9.47. The second-order valence-corrected chi connectivity index (χ2v) is 4.14. The topological polar surface area (TPSA) is 15.3 Å². The van der Waals surface area contributed by atoms with Gasteiger partial charge in [-0.3, -0.25) is 0 Å². The highest BCUT2D eigenvalue weighted by molar-refractivity contribution is 5.57. The molecule has 0 atom stereocenters. The molecule has 1 N–H and O–H groups in total. The van der Waals surface area contributed by atoms with Gasteiger partial charge in [-0.15, -0.1) is 18.3 Å². The molecule has 2 aromatic rings. The SMILES string of the molecule is FN(c1cccc(NCc2ccccc2)c1)C(F)(F)F. The molecular weight excluding hydrogens is 272 g/mol. The van der Waals surface area contributed by atoms with Crippen molar-refractivity contribution in [2.75, 3.05) is 10.4 Å². The van der Waals surface area contributed by atoms with E-state index in [1.807, 2.05) is 30.3 Å². The highest BCUT2D eigenvalue weighted by Gasteiger charge is 2.38. The summed E-state index contributed by atoms with van der Waals surface area (Å²) in [6.07, 6.45) is -5.04. The fraction of sp³-hybridized carbons (Fsp3) is 0.143. The van der Waals surface area contributed by atoms with E-state index in [1.54, 1.807) is 6.07 Å². The molecule has 2 aromatic carbocycles. The zero-order valence-corrected chi connectivity index (χ0v) is 10.4. The van der Waals surface area contributed by atoms with Gasteiger partial charge in [-0.25, -0.2) is 0 Å². The number of alkyl halides is 3. The van der Waals surface area contributed by atoms with Crippen molar-refractivity contribution in [3.05, 3.63) is 60.2 Å². The third kappa shape index (κ3) is 3.63. The van der Waals surface area contributed by atoms with Crippen LogP contribution in [0, 0.1) is 0 Å². The number of anilines is 2. The standard InChI is InChI=1S/C14H12F4N2/c15-14(16,17)20(18)13-8-4-7-12(9-13)19-10-11-5-2-1-3-6-11/h1-9,19H,10H2. The van der Waals surface area contributed by atoms with Crippen LogP contribution in [-0.4, -0.2) is 6.30 Å². The van der Waals surface area contributed by atoms with E-state index in [0.29, 0.717) is 12.2 Å². The minimum absolute atomic E-state index is 0.415. The van der Waals surface area contributed by atoms with Crippen molar-refractivity contribution in [3.8, 4) is 0 Å². The molecule has 0 saturated heterocycles. The number of nitrogens with zero attached hydrogens (tertiary/aromatic N) is 1. The van der Waals surface area contributed by atoms with Crippen LogP contribution in [0.1, 0.15) is 5.56 Å². The number of hydrogen-bond acceptors (Lipinski definition) is 2. The molecule has 2 rings (SSSR count). The summed E-state index contributed by atoms with van der Waals surface area (Å²) in [6, 6.07) is 14.5. The number of benzene rings is 2. The first-order valence-electron chi connectivity index (χ1n) is 5.87. The Labute approximate surface area is 113 Å². The molecule has 0 unspecified atom stereocenters. The van der Waals surface area contributed by atoms with Crippen molar-refractivity contribution < 1.29 is 17.7 Å². The van der Waals surface area contributed by atoms with E-state index in [1.165, 1.54) is 6.07 Å². The summed E-state index contributed by atoms with van der Waals surface area (Å²) in [4.78, 5) is 0. The van der Waals surface area contributed by atoms with E-state index in [9.17, 15) is 17.7 Å². The number of nitrogens with one attached hydrogen (secondary N) is 1. The minimum Gasteiger partial charge on any atom is -0.381 e. The lowest BCUT2D eigenvalue weighted by Crippen LogP contribution is -2.30. The van der Waals surface area contributed by atoms with Crippen LogP contribution in [0.4, 0.5) is 29.0 Å². The smallest absolute Gasteiger partial charge is 0.381 e. The Morgan fingerprint density at radius 1 is 0.950 bits per heavy atom. The van der Waals surface area contributed by atoms with Gasteiger partial charge < -0.3 is 5.32 Å². The lowest BCUT2D eigenvalue weighted by atomic mass is 10.2. The van der Waals surface area contributed by atoms with Gasteiger partial charge in [-0.1, -0.05) is 40.9 Å². The molecule has 0 amide bonds. The molecule has 2 nitrogen and oxygen atoms in total. The van der Waals surface area contributed by atoms with E-state index >= 15 is 0 Å². The van der Waals surface area contributed by atoms with Gasteiger partial charge in [0.05, 0.1) is 5.69 Å². The van der Waals surface area contributed by atoms with Crippen LogP contribution in [0.2, 0.25) is 0 Å². The Kier molecular flexibility index (Phi) is 4.12. The first kappa shape index (κ1) is 14.2. The second kappa shape index (κ2) is 5.81. The monoisotopic (exact) mass is 284 g/mol. The Hall–Kier alpha value is -2.24. The fourth-order valence-electron chi connectivity index (χ4n) is 1.68. The summed E-state index contributed by atoms with van der Waals surface area (Å²) in [5.74, 6) is 0. The summed E-state index contributed by atoms with van der Waals surface area (Å²) in [6.45, 7) is 0.447. The molecule has 0 aliphatic carbocycles. The molecule has 0 bridgehead atoms. The van der Waals surface area contributed by atoms with Gasteiger partial charge in [0.1, 0.15) is 0 Å². The molecule has 6 heteroatoms. The molecular formula is C14H12F4N2. The maximum atomic E-state index is 13.1. The first-order valence-corrected chi connectivity index (χ1v) is 5.87. The molecule has 0 aliphatic heterocycles. The van der Waals surface area contributed by atoms with E-state index in [-0.39, 0.29) is 0 Å². The normalized spacial score (nSPS) is 11.2. The summed E-state index contributed by atoms with van der Waals surface area (Å²) in [7, 11) is 0. The van der Waals surface area contributed by atoms with Crippen molar-refractivity contribution >= 4 is 11.4 Å². The summed E-state index contributed by atoms with van der Waals surface area (Å²) in [5, 5.41) is 1.74. The van der Waals surface area contributed by atoms with Crippen molar-refractivity contribution in [2.24, 2.45) is 0 Å². The maximum Gasteiger partial charge on any atom is 0.512 e. The maximum absolute atomic E-state index is 13.1. The minimum atomic E-state index is -5.04. The van der Waals surface area contributed by atoms with Gasteiger partial charge in [-0.05, 0) is 23.8 Å². The molecule has 0 aliphatic rings. The third-order valence-corrected chi connectivity index (χ3v) is 2.63. The van der Waals surface area contributed by atoms with E-state index in [0.717, 1.165) is 17.7 Å². The van der Waals surface area contributed by atoms with E-state index < -0.39 is 17.1 Å². The van der Waals surface area contributed by atoms with Crippen LogP contribution >= 0.6 is 0 Å². The molecule has 0 aromatic heterocycles. The Morgan fingerprint density at radius 2 is 1.65 bits per heavy atom. The van der Waals surface area contributed by atoms with Crippen LogP contribution < -0.4 is 10.4 Å². The predicted molar refractivity (Wildman–Crippen MR) is 69.9 cm³/mol. The molecule has 0 heterocycles. The van der Waals surface area contributed by atoms with Crippen molar-refractivity contribution in [1.82, 2.24) is 0 Å². The average Bonchev–Trinajstić information content (AvgIpc) is 2.45. The van der Waals surface area contributed by atoms with E-state index in [2.05, 4.69) is 5.32 Å². The molecule has 20 heavy (non-hydrogen) atoms. The lowest BCUT2D eigenvalue weighted by Gasteiger charge is -2.17. The molecule has 0 radical (unpaired) electrons. The highest BCUT2D eigenvalue weighted by Crippen LogP contribution is 2.30. The number of hydrogen-bond donors (Lipinski definition) is 1. The lowest BCUT2D eigenvalue weighted by molar-refractivity contribution is -0.157. The molecule has 0 saturated carbocycles. The van der Waals surface area contributed by atoms with Gasteiger partial charge in [-0.2, -0.15) is 0 Å². The Balaban J connectivity index is 2.07. The highest BCUT2D eigenvalue weighted by atomic mass is 19.4. The zero-order valence-electron chi connectivity index (χ0n) is 10.4. The average molecular weight is 284 g/mol. The van der Waals surface area contributed by atoms with Crippen LogP contribution in [0.5, 0.6) is 0 Å². The van der Waals surface area contributed by atoms with Gasteiger partial charge in [0.25, 0.3) is 0 Å². The van der Waals surface area contributed by atoms with E-state index in [4.69, 9.17) is 0 Å². The van der Waals surface area contributed by atoms with Crippen molar-refractivity contribution in [3.63, 3.8) is 0 Å². The second-order valence-electron chi connectivity index (χ2n) is 4.14. The fourth-order valence-corrected chi connectivity index (χ4v) is 1.68. The third-order valence-electron chi connectivity index (χ3n) is 2.63. The van der Waals surface area contributed by atoms with Crippen LogP contribution in [-0.2, 0) is 6.54 Å². The zero-order chi connectivity index (χ0) is 14.6. The number of rotatable bonds is 4. The van der Waals surface area contributed by atoms with Gasteiger partial charge in [0.2, 0.25) is 0 Å². The molecule has 0 fully saturated rings. The van der Waals surface area contributed by atoms with Crippen LogP contribution in [0.15, 0.2) is 54.6 Å². The summed E-state index contributed by atoms with van der Waals surface area (Å²) < 4.78 is 49.8. The van der Waals surface area contributed by atoms with Crippen molar-refractivity contribution in [1.29, 1.82) is 0 Å². The van der Waals surface area contributed by atoms with Gasteiger partial charge in [0.15, 0.2) is 0 Å². The summed E-state index contributed by atoms with van der Waals surface area (Å²) >= 11 is 0. The Bertz CT molecular complexity index is 555. The summed E-state index contributed by atoms with van der Waals surface area (Å²) in [5.41, 5.74) is 0.833. The Morgan fingerprint density at radius 3 is 2.30 bits per heavy atom. The predicted octanol–water partition coefficient (Wildman–Crippen LogP) is 4.51. The van der Waals surface area contributed by atoms with Crippen LogP contribution in [0.3, 0.4) is 0 Å². The van der Waals surface area contributed by atoms with Gasteiger partial charge in [0, 0.05) is 12.2 Å². The largest absolute Gasteiger partial charge is 0.512 e. The van der Waals surface area contributed by atoms with Crippen molar-refractivity contribution in [2.45, 2.75) is 12.8 Å².